The van der Waals surface area contributed by atoms with Crippen molar-refractivity contribution in [3.8, 4) is 11.1 Å². The van der Waals surface area contributed by atoms with E-state index >= 15 is 0 Å². The number of benzene rings is 3. The third-order valence-corrected chi connectivity index (χ3v) is 4.32. The quantitative estimate of drug-likeness (QED) is 0.562. The molecule has 3 N–H and O–H groups in total. The molecule has 0 aliphatic heterocycles. The van der Waals surface area contributed by atoms with Gasteiger partial charge in [-0.25, -0.2) is 0 Å². The van der Waals surface area contributed by atoms with Crippen LogP contribution < -0.4 is 5.73 Å². The van der Waals surface area contributed by atoms with Crippen molar-refractivity contribution in [1.82, 2.24) is 0 Å². The number of hydrogen-bond acceptors (Lipinski definition) is 3. The van der Waals surface area contributed by atoms with Gasteiger partial charge in [0.1, 0.15) is 4.90 Å². The minimum absolute atomic E-state index is 0.111. The summed E-state index contributed by atoms with van der Waals surface area (Å²) in [5.74, 6) is 0. The average Bonchev–Trinajstić information content (AvgIpc) is 2.47. The second-order valence-electron chi connectivity index (χ2n) is 4.72. The van der Waals surface area contributed by atoms with Crippen LogP contribution in [0.1, 0.15) is 0 Å². The Hall–Kier alpha value is -2.37. The van der Waals surface area contributed by atoms with Crippen LogP contribution in [0.5, 0.6) is 0 Å². The van der Waals surface area contributed by atoms with Gasteiger partial charge in [0.05, 0.1) is 0 Å². The molecular weight excluding hydrogens is 286 g/mol. The van der Waals surface area contributed by atoms with Crippen LogP contribution in [0.3, 0.4) is 0 Å². The number of nitrogens with two attached hydrogens (primary N) is 1. The third kappa shape index (κ3) is 2.37. The lowest BCUT2D eigenvalue weighted by Crippen LogP contribution is -2.01. The minimum atomic E-state index is -4.29. The first kappa shape index (κ1) is 13.6. The highest BCUT2D eigenvalue weighted by Gasteiger charge is 2.17. The molecule has 4 nitrogen and oxygen atoms in total. The predicted molar refractivity (Wildman–Crippen MR) is 83.6 cm³/mol. The average molecular weight is 299 g/mol. The summed E-state index contributed by atoms with van der Waals surface area (Å²) in [6.07, 6.45) is 0. The number of nitrogen functional groups attached to an aromatic ring is 1. The lowest BCUT2D eigenvalue weighted by atomic mass is 9.97. The Morgan fingerprint density at radius 3 is 2.10 bits per heavy atom. The van der Waals surface area contributed by atoms with E-state index < -0.39 is 10.1 Å². The Kier molecular flexibility index (Phi) is 3.16. The largest absolute Gasteiger partial charge is 0.398 e. The van der Waals surface area contributed by atoms with E-state index in [2.05, 4.69) is 0 Å². The van der Waals surface area contributed by atoms with E-state index in [0.717, 1.165) is 10.8 Å². The molecule has 3 aromatic carbocycles. The van der Waals surface area contributed by atoms with E-state index in [9.17, 15) is 13.0 Å². The first-order valence-corrected chi connectivity index (χ1v) is 7.76. The first-order chi connectivity index (χ1) is 9.98. The molecule has 0 amide bonds. The summed E-state index contributed by atoms with van der Waals surface area (Å²) in [5, 5.41) is 1.69. The summed E-state index contributed by atoms with van der Waals surface area (Å²) in [6.45, 7) is 0. The highest BCUT2D eigenvalue weighted by molar-refractivity contribution is 7.86. The van der Waals surface area contributed by atoms with Crippen molar-refractivity contribution in [3.05, 3.63) is 60.7 Å². The molecule has 0 radical (unpaired) electrons. The first-order valence-electron chi connectivity index (χ1n) is 6.32. The lowest BCUT2D eigenvalue weighted by Gasteiger charge is -2.11. The summed E-state index contributed by atoms with van der Waals surface area (Å²) in [6, 6.07) is 17.3. The van der Waals surface area contributed by atoms with Crippen molar-refractivity contribution in [2.45, 2.75) is 4.90 Å². The molecule has 21 heavy (non-hydrogen) atoms. The van der Waals surface area contributed by atoms with Gasteiger partial charge in [0.2, 0.25) is 0 Å². The van der Waals surface area contributed by atoms with Crippen molar-refractivity contribution in [3.63, 3.8) is 0 Å². The van der Waals surface area contributed by atoms with Gasteiger partial charge in [-0.1, -0.05) is 48.5 Å². The standard InChI is InChI=1S/C16H13NO3S/c17-15-10-9-12(11-5-1-2-6-13(11)15)14-7-3-4-8-16(14)21(18,19)20/h1-10H,17H2,(H,18,19,20). The molecule has 0 aliphatic rings. The van der Waals surface area contributed by atoms with Crippen LogP contribution in [-0.4, -0.2) is 13.0 Å². The van der Waals surface area contributed by atoms with Gasteiger partial charge in [0.15, 0.2) is 0 Å². The van der Waals surface area contributed by atoms with Gasteiger partial charge in [0, 0.05) is 16.6 Å². The van der Waals surface area contributed by atoms with Crippen LogP contribution >= 0.6 is 0 Å². The van der Waals surface area contributed by atoms with Gasteiger partial charge < -0.3 is 5.73 Å². The Labute approximate surface area is 122 Å². The van der Waals surface area contributed by atoms with Gasteiger partial charge in [0.25, 0.3) is 10.1 Å². The van der Waals surface area contributed by atoms with Gasteiger partial charge in [-0.3, -0.25) is 4.55 Å². The number of rotatable bonds is 2. The molecule has 3 aromatic rings. The molecule has 106 valence electrons. The summed E-state index contributed by atoms with van der Waals surface area (Å²) >= 11 is 0. The van der Waals surface area contributed by atoms with Gasteiger partial charge in [-0.2, -0.15) is 8.42 Å². The van der Waals surface area contributed by atoms with E-state index in [1.54, 1.807) is 30.3 Å². The third-order valence-electron chi connectivity index (χ3n) is 3.41. The molecule has 0 saturated heterocycles. The van der Waals surface area contributed by atoms with Crippen molar-refractivity contribution in [2.24, 2.45) is 0 Å². The van der Waals surface area contributed by atoms with Crippen molar-refractivity contribution in [2.75, 3.05) is 5.73 Å². The normalized spacial score (nSPS) is 11.7. The zero-order valence-electron chi connectivity index (χ0n) is 11.0. The van der Waals surface area contributed by atoms with Crippen molar-refractivity contribution in [1.29, 1.82) is 0 Å². The summed E-state index contributed by atoms with van der Waals surface area (Å²) in [4.78, 5) is -0.111. The zero-order valence-corrected chi connectivity index (χ0v) is 11.8. The smallest absolute Gasteiger partial charge is 0.295 e. The van der Waals surface area contributed by atoms with Crippen LogP contribution in [0.25, 0.3) is 21.9 Å². The Balaban J connectivity index is 2.41. The number of hydrogen-bond donors (Lipinski definition) is 2. The molecule has 0 spiro atoms. The lowest BCUT2D eigenvalue weighted by molar-refractivity contribution is 0.483. The van der Waals surface area contributed by atoms with Crippen LogP contribution in [0.15, 0.2) is 65.6 Å². The maximum absolute atomic E-state index is 11.6. The maximum atomic E-state index is 11.6. The Morgan fingerprint density at radius 1 is 0.762 bits per heavy atom. The molecule has 3 rings (SSSR count). The number of fused-ring (bicyclic) bond motifs is 1. The summed E-state index contributed by atoms with van der Waals surface area (Å²) in [5.41, 5.74) is 7.75. The van der Waals surface area contributed by atoms with Crippen LogP contribution in [0.4, 0.5) is 5.69 Å². The molecular formula is C16H13NO3S. The molecule has 0 saturated carbocycles. The van der Waals surface area contributed by atoms with E-state index in [-0.39, 0.29) is 4.90 Å². The summed E-state index contributed by atoms with van der Waals surface area (Å²) < 4.78 is 32.5. The topological polar surface area (TPSA) is 80.4 Å². The highest BCUT2D eigenvalue weighted by Crippen LogP contribution is 2.35. The molecule has 0 atom stereocenters. The number of anilines is 1. The SMILES string of the molecule is Nc1ccc(-c2ccccc2S(=O)(=O)O)c2ccccc12. The van der Waals surface area contributed by atoms with Crippen molar-refractivity contribution >= 4 is 26.6 Å². The van der Waals surface area contributed by atoms with Crippen LogP contribution in [0, 0.1) is 0 Å². The monoisotopic (exact) mass is 299 g/mol. The molecule has 0 unspecified atom stereocenters. The van der Waals surface area contributed by atoms with Crippen LogP contribution in [0.2, 0.25) is 0 Å². The molecule has 0 heterocycles. The second-order valence-corrected chi connectivity index (χ2v) is 6.11. The molecule has 0 bridgehead atoms. The van der Waals surface area contributed by atoms with Gasteiger partial charge in [-0.05, 0) is 23.1 Å². The van der Waals surface area contributed by atoms with E-state index in [1.807, 2.05) is 24.3 Å². The Morgan fingerprint density at radius 2 is 1.38 bits per heavy atom. The summed E-state index contributed by atoms with van der Waals surface area (Å²) in [7, 11) is -4.29. The zero-order chi connectivity index (χ0) is 15.0. The van der Waals surface area contributed by atoms with E-state index in [4.69, 9.17) is 5.73 Å². The molecule has 0 fully saturated rings. The minimum Gasteiger partial charge on any atom is -0.398 e. The van der Waals surface area contributed by atoms with E-state index in [0.29, 0.717) is 16.8 Å². The van der Waals surface area contributed by atoms with Gasteiger partial charge >= 0.3 is 0 Å². The molecule has 0 aliphatic carbocycles. The fourth-order valence-electron chi connectivity index (χ4n) is 2.47. The highest BCUT2D eigenvalue weighted by atomic mass is 32.2. The fraction of sp³-hybridized carbons (Fsp3) is 0. The van der Waals surface area contributed by atoms with E-state index in [1.165, 1.54) is 6.07 Å². The second kappa shape index (κ2) is 4.87. The van der Waals surface area contributed by atoms with Gasteiger partial charge in [-0.15, -0.1) is 0 Å². The maximum Gasteiger partial charge on any atom is 0.295 e. The fourth-order valence-corrected chi connectivity index (χ4v) is 3.18. The molecule has 0 aromatic heterocycles. The predicted octanol–water partition coefficient (Wildman–Crippen LogP) is 3.34. The molecule has 5 heteroatoms. The Bertz CT molecular complexity index is 933. The van der Waals surface area contributed by atoms with Crippen LogP contribution in [-0.2, 0) is 10.1 Å². The van der Waals surface area contributed by atoms with Crippen molar-refractivity contribution < 1.29 is 13.0 Å².